The Bertz CT molecular complexity index is 425. The number of carbonyl (C=O) groups is 2. The van der Waals surface area contributed by atoms with Gasteiger partial charge in [0, 0.05) is 26.2 Å². The summed E-state index contributed by atoms with van der Waals surface area (Å²) in [5.74, 6) is 0.134. The van der Waals surface area contributed by atoms with Gasteiger partial charge in [0.25, 0.3) is 5.91 Å². The van der Waals surface area contributed by atoms with E-state index in [-0.39, 0.29) is 24.2 Å². The lowest BCUT2D eigenvalue weighted by molar-refractivity contribution is -0.133. The summed E-state index contributed by atoms with van der Waals surface area (Å²) in [4.78, 5) is 27.0. The SMILES string of the molecule is CC(N)C(=O)N1CCN(C(=O)c2ccco2)CC1.Cl. The predicted molar refractivity (Wildman–Crippen MR) is 72.1 cm³/mol. The van der Waals surface area contributed by atoms with Gasteiger partial charge in [-0.3, -0.25) is 9.59 Å². The van der Waals surface area contributed by atoms with Gasteiger partial charge < -0.3 is 20.0 Å². The highest BCUT2D eigenvalue weighted by Crippen LogP contribution is 2.09. The number of carbonyl (C=O) groups excluding carboxylic acids is 2. The van der Waals surface area contributed by atoms with E-state index < -0.39 is 6.04 Å². The maximum absolute atomic E-state index is 12.0. The van der Waals surface area contributed by atoms with Gasteiger partial charge in [0.05, 0.1) is 12.3 Å². The third-order valence-electron chi connectivity index (χ3n) is 3.00. The Kier molecular flexibility index (Phi) is 5.38. The first kappa shape index (κ1) is 15.5. The van der Waals surface area contributed by atoms with Crippen molar-refractivity contribution in [3.8, 4) is 0 Å². The summed E-state index contributed by atoms with van der Waals surface area (Å²) in [6.45, 7) is 3.73. The molecular weight excluding hydrogens is 270 g/mol. The number of piperazine rings is 1. The van der Waals surface area contributed by atoms with Gasteiger partial charge in [0.15, 0.2) is 5.76 Å². The number of hydrogen-bond donors (Lipinski definition) is 1. The largest absolute Gasteiger partial charge is 0.459 e. The molecule has 1 aliphatic rings. The van der Waals surface area contributed by atoms with E-state index in [0.717, 1.165) is 0 Å². The van der Waals surface area contributed by atoms with Crippen molar-refractivity contribution in [2.45, 2.75) is 13.0 Å². The highest BCUT2D eigenvalue weighted by molar-refractivity contribution is 5.91. The first-order valence-corrected chi connectivity index (χ1v) is 5.96. The Balaban J connectivity index is 0.00000180. The number of hydrogen-bond acceptors (Lipinski definition) is 4. The molecule has 1 aromatic rings. The zero-order valence-corrected chi connectivity index (χ0v) is 11.6. The van der Waals surface area contributed by atoms with Crippen LogP contribution in [0.5, 0.6) is 0 Å². The molecule has 19 heavy (non-hydrogen) atoms. The predicted octanol–water partition coefficient (Wildman–Crippen LogP) is 0.333. The van der Waals surface area contributed by atoms with Crippen LogP contribution in [-0.2, 0) is 4.79 Å². The van der Waals surface area contributed by atoms with E-state index in [1.165, 1.54) is 6.26 Å². The van der Waals surface area contributed by atoms with Crippen molar-refractivity contribution in [1.29, 1.82) is 0 Å². The van der Waals surface area contributed by atoms with Crippen LogP contribution in [0.15, 0.2) is 22.8 Å². The minimum atomic E-state index is -0.489. The van der Waals surface area contributed by atoms with Crippen molar-refractivity contribution in [1.82, 2.24) is 9.80 Å². The molecule has 0 aliphatic carbocycles. The van der Waals surface area contributed by atoms with Gasteiger partial charge in [0.2, 0.25) is 5.91 Å². The second-order valence-electron chi connectivity index (χ2n) is 4.38. The number of nitrogens with two attached hydrogens (primary N) is 1. The molecule has 1 unspecified atom stereocenters. The molecule has 2 rings (SSSR count). The standard InChI is InChI=1S/C12H17N3O3.ClH/c1-9(13)11(16)14-4-6-15(7-5-14)12(17)10-3-2-8-18-10;/h2-3,8-9H,4-7,13H2,1H3;1H. The van der Waals surface area contributed by atoms with Crippen molar-refractivity contribution in [2.24, 2.45) is 5.73 Å². The van der Waals surface area contributed by atoms with Crippen molar-refractivity contribution < 1.29 is 14.0 Å². The number of halogens is 1. The van der Waals surface area contributed by atoms with Crippen molar-refractivity contribution in [2.75, 3.05) is 26.2 Å². The first-order chi connectivity index (χ1) is 8.59. The molecule has 7 heteroatoms. The van der Waals surface area contributed by atoms with E-state index in [0.29, 0.717) is 31.9 Å². The Hall–Kier alpha value is -1.53. The molecule has 0 radical (unpaired) electrons. The van der Waals surface area contributed by atoms with Gasteiger partial charge in [-0.2, -0.15) is 0 Å². The third-order valence-corrected chi connectivity index (χ3v) is 3.00. The molecule has 106 valence electrons. The van der Waals surface area contributed by atoms with Crippen LogP contribution in [0.4, 0.5) is 0 Å². The normalized spacial score (nSPS) is 16.7. The number of furan rings is 1. The molecule has 0 bridgehead atoms. The smallest absolute Gasteiger partial charge is 0.289 e. The molecule has 2 N–H and O–H groups in total. The fourth-order valence-corrected chi connectivity index (χ4v) is 1.97. The van der Waals surface area contributed by atoms with Crippen molar-refractivity contribution in [3.05, 3.63) is 24.2 Å². The van der Waals surface area contributed by atoms with Gasteiger partial charge in [0.1, 0.15) is 0 Å². The van der Waals surface area contributed by atoms with E-state index in [1.54, 1.807) is 28.9 Å². The summed E-state index contributed by atoms with van der Waals surface area (Å²) in [5, 5.41) is 0. The molecule has 1 fully saturated rings. The average Bonchev–Trinajstić information content (AvgIpc) is 2.91. The maximum atomic E-state index is 12.0. The summed E-state index contributed by atoms with van der Waals surface area (Å²) in [6.07, 6.45) is 1.48. The molecule has 2 heterocycles. The molecule has 0 aromatic carbocycles. The molecular formula is C12H18ClN3O3. The van der Waals surface area contributed by atoms with Crippen molar-refractivity contribution in [3.63, 3.8) is 0 Å². The zero-order chi connectivity index (χ0) is 13.1. The van der Waals surface area contributed by atoms with E-state index in [4.69, 9.17) is 10.2 Å². The summed E-state index contributed by atoms with van der Waals surface area (Å²) in [7, 11) is 0. The van der Waals surface area contributed by atoms with Gasteiger partial charge in [-0.15, -0.1) is 12.4 Å². The monoisotopic (exact) mass is 287 g/mol. The number of amides is 2. The molecule has 1 aromatic heterocycles. The topological polar surface area (TPSA) is 79.8 Å². The number of rotatable bonds is 2. The Morgan fingerprint density at radius 2 is 1.84 bits per heavy atom. The summed E-state index contributed by atoms with van der Waals surface area (Å²) in [5.41, 5.74) is 5.55. The molecule has 1 atom stereocenters. The van der Waals surface area contributed by atoms with Crippen LogP contribution in [0.2, 0.25) is 0 Å². The van der Waals surface area contributed by atoms with Crippen LogP contribution in [0.3, 0.4) is 0 Å². The van der Waals surface area contributed by atoms with Crippen LogP contribution in [0.1, 0.15) is 17.5 Å². The van der Waals surface area contributed by atoms with E-state index >= 15 is 0 Å². The van der Waals surface area contributed by atoms with Gasteiger partial charge in [-0.25, -0.2) is 0 Å². The molecule has 0 spiro atoms. The third kappa shape index (κ3) is 3.48. The van der Waals surface area contributed by atoms with E-state index in [9.17, 15) is 9.59 Å². The molecule has 0 saturated carbocycles. The van der Waals surface area contributed by atoms with Crippen molar-refractivity contribution >= 4 is 24.2 Å². The molecule has 6 nitrogen and oxygen atoms in total. The summed E-state index contributed by atoms with van der Waals surface area (Å²) >= 11 is 0. The lowest BCUT2D eigenvalue weighted by atomic mass is 10.2. The molecule has 2 amide bonds. The van der Waals surface area contributed by atoms with Crippen LogP contribution in [0, 0.1) is 0 Å². The second kappa shape index (κ2) is 6.58. The van der Waals surface area contributed by atoms with Crippen LogP contribution in [-0.4, -0.2) is 53.8 Å². The van der Waals surface area contributed by atoms with Gasteiger partial charge in [-0.1, -0.05) is 0 Å². The Morgan fingerprint density at radius 3 is 2.32 bits per heavy atom. The highest BCUT2D eigenvalue weighted by Gasteiger charge is 2.26. The lowest BCUT2D eigenvalue weighted by Gasteiger charge is -2.35. The van der Waals surface area contributed by atoms with Crippen LogP contribution in [0.25, 0.3) is 0 Å². The average molecular weight is 288 g/mol. The highest BCUT2D eigenvalue weighted by atomic mass is 35.5. The Morgan fingerprint density at radius 1 is 1.26 bits per heavy atom. The first-order valence-electron chi connectivity index (χ1n) is 5.96. The minimum absolute atomic E-state index is 0. The maximum Gasteiger partial charge on any atom is 0.289 e. The molecule has 1 aliphatic heterocycles. The van der Waals surface area contributed by atoms with Gasteiger partial charge >= 0.3 is 0 Å². The van der Waals surface area contributed by atoms with E-state index in [2.05, 4.69) is 0 Å². The molecule has 1 saturated heterocycles. The fourth-order valence-electron chi connectivity index (χ4n) is 1.97. The van der Waals surface area contributed by atoms with E-state index in [1.807, 2.05) is 0 Å². The zero-order valence-electron chi connectivity index (χ0n) is 10.7. The van der Waals surface area contributed by atoms with Gasteiger partial charge in [-0.05, 0) is 19.1 Å². The fraction of sp³-hybridized carbons (Fsp3) is 0.500. The quantitative estimate of drug-likeness (QED) is 0.850. The number of nitrogens with zero attached hydrogens (tertiary/aromatic N) is 2. The Labute approximate surface area is 117 Å². The second-order valence-corrected chi connectivity index (χ2v) is 4.38. The lowest BCUT2D eigenvalue weighted by Crippen LogP contribution is -2.53. The summed E-state index contributed by atoms with van der Waals surface area (Å²) < 4.78 is 5.07. The van der Waals surface area contributed by atoms with Crippen LogP contribution >= 0.6 is 12.4 Å². The summed E-state index contributed by atoms with van der Waals surface area (Å²) in [6, 6.07) is 2.84. The minimum Gasteiger partial charge on any atom is -0.459 e. The van der Waals surface area contributed by atoms with Crippen LogP contribution < -0.4 is 5.73 Å².